The number of carbonyl (C=O) groups is 4. The fourth-order valence-electron chi connectivity index (χ4n) is 5.76. The lowest BCUT2D eigenvalue weighted by molar-refractivity contribution is -0.143. The number of aromatic nitrogens is 1. The van der Waals surface area contributed by atoms with Crippen LogP contribution in [0.4, 0.5) is 4.79 Å². The smallest absolute Gasteiger partial charge is 0.408 e. The first kappa shape index (κ1) is 29.4. The van der Waals surface area contributed by atoms with Gasteiger partial charge in [-0.15, -0.1) is 0 Å². The number of likely N-dealkylation sites (tertiary alicyclic amines) is 1. The molecule has 10 heteroatoms. The number of hydrogen-bond acceptors (Lipinski definition) is 5. The minimum absolute atomic E-state index is 0.00493. The highest BCUT2D eigenvalue weighted by Crippen LogP contribution is 2.29. The number of H-pyrrole nitrogens is 1. The number of para-hydroxylation sites is 1. The van der Waals surface area contributed by atoms with Crippen LogP contribution in [0.25, 0.3) is 10.9 Å². The second kappa shape index (κ2) is 12.7. The van der Waals surface area contributed by atoms with Crippen LogP contribution in [-0.4, -0.2) is 70.1 Å². The van der Waals surface area contributed by atoms with Crippen LogP contribution in [0, 0.1) is 17.8 Å². The van der Waals surface area contributed by atoms with Crippen LogP contribution in [0.2, 0.25) is 0 Å². The van der Waals surface area contributed by atoms with E-state index >= 15 is 0 Å². The van der Waals surface area contributed by atoms with Gasteiger partial charge in [0, 0.05) is 49.1 Å². The zero-order valence-electron chi connectivity index (χ0n) is 23.7. The van der Waals surface area contributed by atoms with Gasteiger partial charge in [-0.05, 0) is 76.8 Å². The number of alkyl carbamates (subject to hydrolysis) is 1. The van der Waals surface area contributed by atoms with E-state index in [1.165, 1.54) is 0 Å². The Hall–Kier alpha value is -3.56. The predicted octanol–water partition coefficient (Wildman–Crippen LogP) is 3.85. The lowest BCUT2D eigenvalue weighted by Gasteiger charge is -2.34. The third kappa shape index (κ3) is 7.76. The van der Waals surface area contributed by atoms with Gasteiger partial charge in [0.25, 0.3) is 0 Å². The molecule has 2 fully saturated rings. The van der Waals surface area contributed by atoms with Gasteiger partial charge in [-0.1, -0.05) is 18.2 Å². The number of carbonyl (C=O) groups excluding carboxylic acids is 3. The molecule has 10 nitrogen and oxygen atoms in total. The van der Waals surface area contributed by atoms with Crippen LogP contribution in [0.1, 0.15) is 64.9 Å². The highest BCUT2D eigenvalue weighted by molar-refractivity contribution is 5.89. The second-order valence-electron chi connectivity index (χ2n) is 12.2. The van der Waals surface area contributed by atoms with E-state index in [-0.39, 0.29) is 23.7 Å². The molecule has 218 valence electrons. The predicted molar refractivity (Wildman–Crippen MR) is 151 cm³/mol. The van der Waals surface area contributed by atoms with Crippen molar-refractivity contribution in [3.8, 4) is 0 Å². The number of aliphatic carboxylic acids is 1. The topological polar surface area (TPSA) is 141 Å². The number of amides is 3. The molecular weight excluding hydrogens is 512 g/mol. The quantitative estimate of drug-likeness (QED) is 0.391. The minimum Gasteiger partial charge on any atom is -0.481 e. The number of piperidine rings is 1. The van der Waals surface area contributed by atoms with Gasteiger partial charge in [0.1, 0.15) is 11.6 Å². The van der Waals surface area contributed by atoms with E-state index < -0.39 is 23.7 Å². The lowest BCUT2D eigenvalue weighted by atomic mass is 9.82. The highest BCUT2D eigenvalue weighted by Gasteiger charge is 2.33. The fourth-order valence-corrected chi connectivity index (χ4v) is 5.76. The summed E-state index contributed by atoms with van der Waals surface area (Å²) in [6.07, 6.45) is 5.59. The summed E-state index contributed by atoms with van der Waals surface area (Å²) in [7, 11) is 0. The Balaban J connectivity index is 1.32. The average molecular weight is 555 g/mol. The fraction of sp³-hybridized carbons (Fsp3) is 0.600. The van der Waals surface area contributed by atoms with Crippen molar-refractivity contribution in [3.63, 3.8) is 0 Å². The van der Waals surface area contributed by atoms with Crippen molar-refractivity contribution in [1.29, 1.82) is 0 Å². The standard InChI is InChI=1S/C30H42N4O6/c1-30(2,3)40-29(39)33-25(16-22-18-31-24-7-5-4-6-23(22)24)27(36)34-14-12-20(13-15-34)26(35)32-17-19-8-10-21(11-9-19)28(37)38/h4-7,18-21,25,31H,8-17H2,1-3H3,(H,32,35)(H,33,39)(H,37,38). The van der Waals surface area contributed by atoms with Gasteiger partial charge in [-0.25, -0.2) is 4.79 Å². The lowest BCUT2D eigenvalue weighted by Crippen LogP contribution is -2.53. The molecule has 2 aliphatic rings. The van der Waals surface area contributed by atoms with Crippen molar-refractivity contribution in [3.05, 3.63) is 36.0 Å². The second-order valence-corrected chi connectivity index (χ2v) is 12.2. The molecule has 1 unspecified atom stereocenters. The van der Waals surface area contributed by atoms with Crippen molar-refractivity contribution in [1.82, 2.24) is 20.5 Å². The van der Waals surface area contributed by atoms with Crippen LogP contribution in [-0.2, 0) is 25.5 Å². The largest absolute Gasteiger partial charge is 0.481 e. The Bertz CT molecular complexity index is 1200. The molecule has 1 atom stereocenters. The number of nitrogens with zero attached hydrogens (tertiary/aromatic N) is 1. The highest BCUT2D eigenvalue weighted by atomic mass is 16.6. The molecule has 1 saturated heterocycles. The van der Waals surface area contributed by atoms with E-state index in [9.17, 15) is 24.3 Å². The van der Waals surface area contributed by atoms with Crippen molar-refractivity contribution in [2.45, 2.75) is 77.4 Å². The summed E-state index contributed by atoms with van der Waals surface area (Å²) in [6.45, 7) is 6.76. The first-order valence-electron chi connectivity index (χ1n) is 14.3. The maximum atomic E-state index is 13.6. The van der Waals surface area contributed by atoms with Crippen molar-refractivity contribution < 1.29 is 29.0 Å². The Morgan fingerprint density at radius 2 is 1.70 bits per heavy atom. The zero-order chi connectivity index (χ0) is 28.9. The molecule has 1 aliphatic carbocycles. The molecule has 0 spiro atoms. The molecule has 4 N–H and O–H groups in total. The van der Waals surface area contributed by atoms with E-state index in [0.29, 0.717) is 57.7 Å². The SMILES string of the molecule is CC(C)(C)OC(=O)NC(Cc1c[nH]c2ccccc12)C(=O)N1CCC(C(=O)NCC2CCC(C(=O)O)CC2)CC1. The molecule has 1 aromatic carbocycles. The first-order chi connectivity index (χ1) is 19.0. The summed E-state index contributed by atoms with van der Waals surface area (Å²) in [5, 5.41) is 16.0. The molecule has 1 aliphatic heterocycles. The van der Waals surface area contributed by atoms with Crippen LogP contribution in [0.3, 0.4) is 0 Å². The Kier molecular flexibility index (Phi) is 9.37. The molecule has 0 radical (unpaired) electrons. The summed E-state index contributed by atoms with van der Waals surface area (Å²) < 4.78 is 5.44. The summed E-state index contributed by atoms with van der Waals surface area (Å²) in [6, 6.07) is 7.02. The Labute approximate surface area is 235 Å². The van der Waals surface area contributed by atoms with Crippen LogP contribution >= 0.6 is 0 Å². The molecule has 3 amide bonds. The monoisotopic (exact) mass is 554 g/mol. The number of benzene rings is 1. The van der Waals surface area contributed by atoms with Gasteiger partial charge in [-0.2, -0.15) is 0 Å². The Morgan fingerprint density at radius 3 is 2.35 bits per heavy atom. The number of hydrogen-bond donors (Lipinski definition) is 4. The number of rotatable bonds is 8. The number of ether oxygens (including phenoxy) is 1. The van der Waals surface area contributed by atoms with Crippen LogP contribution < -0.4 is 10.6 Å². The molecule has 0 bridgehead atoms. The summed E-state index contributed by atoms with van der Waals surface area (Å²) in [5.41, 5.74) is 1.19. The van der Waals surface area contributed by atoms with E-state index in [4.69, 9.17) is 4.74 Å². The maximum absolute atomic E-state index is 13.6. The third-order valence-electron chi connectivity index (χ3n) is 8.03. The number of carboxylic acid groups (broad SMARTS) is 1. The summed E-state index contributed by atoms with van der Waals surface area (Å²) in [5.74, 6) is -1.05. The first-order valence-corrected chi connectivity index (χ1v) is 14.3. The molecule has 4 rings (SSSR count). The summed E-state index contributed by atoms with van der Waals surface area (Å²) in [4.78, 5) is 55.3. The Morgan fingerprint density at radius 1 is 1.02 bits per heavy atom. The normalized spacial score (nSPS) is 21.0. The van der Waals surface area contributed by atoms with Gasteiger partial charge in [0.05, 0.1) is 5.92 Å². The molecular formula is C30H42N4O6. The van der Waals surface area contributed by atoms with Crippen LogP contribution in [0.15, 0.2) is 30.5 Å². The van der Waals surface area contributed by atoms with Crippen molar-refractivity contribution >= 4 is 34.8 Å². The summed E-state index contributed by atoms with van der Waals surface area (Å²) >= 11 is 0. The van der Waals surface area contributed by atoms with E-state index in [0.717, 1.165) is 29.3 Å². The molecule has 2 heterocycles. The van der Waals surface area contributed by atoms with Gasteiger partial charge < -0.3 is 30.4 Å². The average Bonchev–Trinajstić information content (AvgIpc) is 3.33. The van der Waals surface area contributed by atoms with Gasteiger partial charge >= 0.3 is 12.1 Å². The maximum Gasteiger partial charge on any atom is 0.408 e. The molecule has 2 aromatic rings. The van der Waals surface area contributed by atoms with Gasteiger partial charge in [0.15, 0.2) is 0 Å². The number of carboxylic acids is 1. The zero-order valence-corrected chi connectivity index (χ0v) is 23.7. The molecule has 1 saturated carbocycles. The minimum atomic E-state index is -0.805. The van der Waals surface area contributed by atoms with Crippen molar-refractivity contribution in [2.75, 3.05) is 19.6 Å². The third-order valence-corrected chi connectivity index (χ3v) is 8.03. The molecule has 40 heavy (non-hydrogen) atoms. The van der Waals surface area contributed by atoms with Gasteiger partial charge in [-0.3, -0.25) is 14.4 Å². The number of fused-ring (bicyclic) bond motifs is 1. The van der Waals surface area contributed by atoms with Crippen molar-refractivity contribution in [2.24, 2.45) is 17.8 Å². The van der Waals surface area contributed by atoms with Gasteiger partial charge in [0.2, 0.25) is 11.8 Å². The molecule has 1 aromatic heterocycles. The van der Waals surface area contributed by atoms with E-state index in [1.807, 2.05) is 30.5 Å². The number of aromatic amines is 1. The van der Waals surface area contributed by atoms with Crippen LogP contribution in [0.5, 0.6) is 0 Å². The van der Waals surface area contributed by atoms with E-state index in [2.05, 4.69) is 15.6 Å². The number of nitrogens with one attached hydrogen (secondary N) is 3. The van der Waals surface area contributed by atoms with E-state index in [1.54, 1.807) is 25.7 Å².